The van der Waals surface area contributed by atoms with Crippen molar-refractivity contribution in [1.82, 2.24) is 4.90 Å². The largest absolute Gasteiger partial charge is 0.480 e. The fourth-order valence-electron chi connectivity index (χ4n) is 2.13. The number of ether oxygens (including phenoxy) is 1. The van der Waals surface area contributed by atoms with E-state index in [0.29, 0.717) is 5.58 Å². The molecule has 2 rings (SSSR count). The number of methoxy groups -OCH3 is 1. The van der Waals surface area contributed by atoms with Crippen LogP contribution in [0.25, 0.3) is 11.0 Å². The highest BCUT2D eigenvalue weighted by Gasteiger charge is 2.22. The van der Waals surface area contributed by atoms with Crippen LogP contribution in [-0.4, -0.2) is 48.7 Å². The van der Waals surface area contributed by atoms with Gasteiger partial charge in [0, 0.05) is 19.0 Å². The molecular weight excluding hydrogens is 354 g/mol. The average molecular weight is 370 g/mol. The van der Waals surface area contributed by atoms with Gasteiger partial charge < -0.3 is 19.2 Å². The Balaban J connectivity index is 2.33. The van der Waals surface area contributed by atoms with E-state index in [1.54, 1.807) is 6.07 Å². The van der Waals surface area contributed by atoms with Gasteiger partial charge in [-0.15, -0.1) is 0 Å². The molecule has 0 aliphatic rings. The zero-order valence-corrected chi connectivity index (χ0v) is 13.8. The van der Waals surface area contributed by atoms with Gasteiger partial charge in [-0.2, -0.15) is 0 Å². The predicted molar refractivity (Wildman–Crippen MR) is 84.1 cm³/mol. The predicted octanol–water partition coefficient (Wildman–Crippen LogP) is 2.68. The summed E-state index contributed by atoms with van der Waals surface area (Å²) in [5.41, 5.74) is 1.59. The van der Waals surface area contributed by atoms with Gasteiger partial charge in [-0.1, -0.05) is 0 Å². The summed E-state index contributed by atoms with van der Waals surface area (Å²) < 4.78 is 11.2. The van der Waals surface area contributed by atoms with Crippen LogP contribution in [0, 0.1) is 6.92 Å². The van der Waals surface area contributed by atoms with E-state index in [1.807, 2.05) is 19.1 Å². The third-order valence-corrected chi connectivity index (χ3v) is 3.69. The number of halogens is 1. The highest BCUT2D eigenvalue weighted by Crippen LogP contribution is 2.29. The van der Waals surface area contributed by atoms with Gasteiger partial charge in [0.25, 0.3) is 5.91 Å². The fourth-order valence-corrected chi connectivity index (χ4v) is 2.80. The third-order valence-electron chi connectivity index (χ3n) is 3.10. The van der Waals surface area contributed by atoms with E-state index in [0.717, 1.165) is 15.4 Å². The summed E-state index contributed by atoms with van der Waals surface area (Å²) in [6.45, 7) is 1.97. The normalized spacial score (nSPS) is 10.9. The molecule has 6 nitrogen and oxygen atoms in total. The monoisotopic (exact) mass is 369 g/mol. The Morgan fingerprint density at radius 3 is 2.73 bits per heavy atom. The maximum absolute atomic E-state index is 12.5. The molecule has 1 N–H and O–H groups in total. The maximum atomic E-state index is 12.5. The molecule has 0 aliphatic heterocycles. The lowest BCUT2D eigenvalue weighted by Gasteiger charge is -2.18. The van der Waals surface area contributed by atoms with Gasteiger partial charge in [0.2, 0.25) is 0 Å². The standard InChI is InChI=1S/C15H16BrNO5/c1-9-5-10-7-12(22-14(10)11(16)6-9)15(20)17(3-4-21-2)8-13(18)19/h5-7H,3-4,8H2,1-2H3,(H,18,19). The molecule has 1 amide bonds. The molecule has 0 atom stereocenters. The minimum atomic E-state index is -1.09. The van der Waals surface area contributed by atoms with Crippen LogP contribution in [0.4, 0.5) is 0 Å². The van der Waals surface area contributed by atoms with Crippen molar-refractivity contribution in [1.29, 1.82) is 0 Å². The summed E-state index contributed by atoms with van der Waals surface area (Å²) in [6, 6.07) is 5.41. The van der Waals surface area contributed by atoms with Crippen LogP contribution in [0.1, 0.15) is 16.1 Å². The summed E-state index contributed by atoms with van der Waals surface area (Å²) in [5.74, 6) is -1.45. The number of carboxylic acids is 1. The lowest BCUT2D eigenvalue weighted by atomic mass is 10.2. The molecule has 2 aromatic rings. The van der Waals surface area contributed by atoms with Gasteiger partial charge in [0.15, 0.2) is 5.76 Å². The molecule has 0 unspecified atom stereocenters. The molecule has 0 aliphatic carbocycles. The number of carbonyl (C=O) groups excluding carboxylic acids is 1. The first-order valence-electron chi connectivity index (χ1n) is 6.62. The maximum Gasteiger partial charge on any atom is 0.323 e. The minimum Gasteiger partial charge on any atom is -0.480 e. The molecule has 0 spiro atoms. The first-order valence-corrected chi connectivity index (χ1v) is 7.41. The lowest BCUT2D eigenvalue weighted by Crippen LogP contribution is -2.37. The molecule has 22 heavy (non-hydrogen) atoms. The molecular formula is C15H16BrNO5. The summed E-state index contributed by atoms with van der Waals surface area (Å²) >= 11 is 3.40. The van der Waals surface area contributed by atoms with Crippen molar-refractivity contribution in [2.24, 2.45) is 0 Å². The van der Waals surface area contributed by atoms with Crippen molar-refractivity contribution in [2.75, 3.05) is 26.8 Å². The van der Waals surface area contributed by atoms with E-state index < -0.39 is 18.4 Å². The van der Waals surface area contributed by atoms with Crippen molar-refractivity contribution < 1.29 is 23.8 Å². The van der Waals surface area contributed by atoms with E-state index in [1.165, 1.54) is 12.0 Å². The van der Waals surface area contributed by atoms with Crippen molar-refractivity contribution in [3.63, 3.8) is 0 Å². The summed E-state index contributed by atoms with van der Waals surface area (Å²) in [7, 11) is 1.49. The Labute approximate surface area is 135 Å². The number of rotatable bonds is 6. The van der Waals surface area contributed by atoms with Crippen LogP contribution >= 0.6 is 15.9 Å². The smallest absolute Gasteiger partial charge is 0.323 e. The minimum absolute atomic E-state index is 0.110. The second-order valence-electron chi connectivity index (χ2n) is 4.89. The number of amides is 1. The Morgan fingerprint density at radius 1 is 1.36 bits per heavy atom. The van der Waals surface area contributed by atoms with Gasteiger partial charge in [0.1, 0.15) is 12.1 Å². The van der Waals surface area contributed by atoms with Gasteiger partial charge >= 0.3 is 5.97 Å². The Hall–Kier alpha value is -1.86. The molecule has 1 aromatic heterocycles. The van der Waals surface area contributed by atoms with Crippen molar-refractivity contribution in [3.05, 3.63) is 34.0 Å². The molecule has 0 bridgehead atoms. The van der Waals surface area contributed by atoms with Crippen molar-refractivity contribution >= 4 is 38.8 Å². The number of hydrogen-bond donors (Lipinski definition) is 1. The Morgan fingerprint density at radius 2 is 2.09 bits per heavy atom. The highest BCUT2D eigenvalue weighted by atomic mass is 79.9. The van der Waals surface area contributed by atoms with Gasteiger partial charge in [-0.25, -0.2) is 0 Å². The fraction of sp³-hybridized carbons (Fsp3) is 0.333. The Bertz CT molecular complexity index is 709. The number of benzene rings is 1. The van der Waals surface area contributed by atoms with E-state index in [2.05, 4.69) is 15.9 Å². The summed E-state index contributed by atoms with van der Waals surface area (Å²) in [5, 5.41) is 9.72. The van der Waals surface area contributed by atoms with Crippen LogP contribution in [0.2, 0.25) is 0 Å². The number of carbonyl (C=O) groups is 2. The molecule has 118 valence electrons. The molecule has 0 fully saturated rings. The summed E-state index contributed by atoms with van der Waals surface area (Å²) in [4.78, 5) is 24.5. The molecule has 1 heterocycles. The topological polar surface area (TPSA) is 80.0 Å². The molecule has 0 saturated carbocycles. The number of aliphatic carboxylic acids is 1. The van der Waals surface area contributed by atoms with Crippen LogP contribution in [0.3, 0.4) is 0 Å². The van der Waals surface area contributed by atoms with Gasteiger partial charge in [0.05, 0.1) is 11.1 Å². The van der Waals surface area contributed by atoms with Gasteiger partial charge in [-0.3, -0.25) is 9.59 Å². The second-order valence-corrected chi connectivity index (χ2v) is 5.74. The van der Waals surface area contributed by atoms with E-state index in [-0.39, 0.29) is 18.9 Å². The third kappa shape index (κ3) is 3.66. The van der Waals surface area contributed by atoms with Gasteiger partial charge in [-0.05, 0) is 46.6 Å². The SMILES string of the molecule is COCCN(CC(=O)O)C(=O)c1cc2cc(C)cc(Br)c2o1. The van der Waals surface area contributed by atoms with E-state index >= 15 is 0 Å². The number of nitrogens with zero attached hydrogens (tertiary/aromatic N) is 1. The number of hydrogen-bond acceptors (Lipinski definition) is 4. The van der Waals surface area contributed by atoms with Crippen molar-refractivity contribution in [2.45, 2.75) is 6.92 Å². The zero-order valence-electron chi connectivity index (χ0n) is 12.3. The van der Waals surface area contributed by atoms with Crippen LogP contribution in [-0.2, 0) is 9.53 Å². The number of carboxylic acid groups (broad SMARTS) is 1. The van der Waals surface area contributed by atoms with Crippen LogP contribution in [0.15, 0.2) is 27.1 Å². The molecule has 7 heteroatoms. The van der Waals surface area contributed by atoms with Crippen LogP contribution in [0.5, 0.6) is 0 Å². The quantitative estimate of drug-likeness (QED) is 0.846. The number of aryl methyl sites for hydroxylation is 1. The highest BCUT2D eigenvalue weighted by molar-refractivity contribution is 9.10. The van der Waals surface area contributed by atoms with Crippen molar-refractivity contribution in [3.8, 4) is 0 Å². The van der Waals surface area contributed by atoms with E-state index in [4.69, 9.17) is 14.3 Å². The molecule has 1 aromatic carbocycles. The number of furan rings is 1. The lowest BCUT2D eigenvalue weighted by molar-refractivity contribution is -0.137. The zero-order chi connectivity index (χ0) is 16.3. The number of fused-ring (bicyclic) bond motifs is 1. The summed E-state index contributed by atoms with van der Waals surface area (Å²) in [6.07, 6.45) is 0. The Kier molecular flexibility index (Phi) is 5.20. The first kappa shape index (κ1) is 16.5. The average Bonchev–Trinajstić information content (AvgIpc) is 2.86. The first-order chi connectivity index (χ1) is 10.4. The van der Waals surface area contributed by atoms with Crippen LogP contribution < -0.4 is 0 Å². The van der Waals surface area contributed by atoms with E-state index in [9.17, 15) is 9.59 Å². The molecule has 0 saturated heterocycles. The second kappa shape index (κ2) is 6.93. The molecule has 0 radical (unpaired) electrons.